The van der Waals surface area contributed by atoms with Crippen molar-refractivity contribution in [2.24, 2.45) is 0 Å². The maximum atomic E-state index is 10.6. The molecular formula is C10H14N3O4P. The van der Waals surface area contributed by atoms with Crippen molar-refractivity contribution in [3.05, 3.63) is 30.5 Å². The topological polar surface area (TPSA) is 108 Å². The smallest absolute Gasteiger partial charge is 0.404 e. The van der Waals surface area contributed by atoms with Gasteiger partial charge >= 0.3 is 7.82 Å². The maximum absolute atomic E-state index is 10.6. The van der Waals surface area contributed by atoms with Gasteiger partial charge in [-0.25, -0.2) is 4.57 Å². The largest absolute Gasteiger partial charge is 0.524 e. The number of aromatic amines is 1. The van der Waals surface area contributed by atoms with E-state index in [4.69, 9.17) is 9.79 Å². The molecule has 0 amide bonds. The minimum atomic E-state index is -4.53. The molecular weight excluding hydrogens is 257 g/mol. The van der Waals surface area contributed by atoms with Gasteiger partial charge in [0.25, 0.3) is 0 Å². The van der Waals surface area contributed by atoms with Gasteiger partial charge in [0, 0.05) is 5.56 Å². The predicted molar refractivity (Wildman–Crippen MR) is 65.8 cm³/mol. The van der Waals surface area contributed by atoms with Gasteiger partial charge in [0.15, 0.2) is 0 Å². The van der Waals surface area contributed by atoms with E-state index in [1.54, 1.807) is 12.1 Å². The zero-order chi connectivity index (χ0) is 13.6. The van der Waals surface area contributed by atoms with Crippen LogP contribution in [-0.4, -0.2) is 25.2 Å². The van der Waals surface area contributed by atoms with Crippen LogP contribution in [0.25, 0.3) is 11.3 Å². The number of hydrogen-bond donors (Lipinski definition) is 3. The monoisotopic (exact) mass is 271 g/mol. The van der Waals surface area contributed by atoms with Gasteiger partial charge in [-0.05, 0) is 12.1 Å². The number of aromatic nitrogens is 3. The van der Waals surface area contributed by atoms with Crippen LogP contribution >= 0.6 is 7.82 Å². The minimum Gasteiger partial charge on any atom is -0.404 e. The first kappa shape index (κ1) is 14.4. The molecule has 2 aromatic rings. The molecule has 0 atom stereocenters. The van der Waals surface area contributed by atoms with Gasteiger partial charge in [-0.1, -0.05) is 26.0 Å². The number of benzene rings is 1. The van der Waals surface area contributed by atoms with Crippen molar-refractivity contribution in [3.63, 3.8) is 0 Å². The molecule has 3 N–H and O–H groups in total. The van der Waals surface area contributed by atoms with Crippen LogP contribution in [0.3, 0.4) is 0 Å². The average Bonchev–Trinajstić information content (AvgIpc) is 2.83. The Morgan fingerprint density at radius 1 is 1.33 bits per heavy atom. The van der Waals surface area contributed by atoms with Gasteiger partial charge in [-0.3, -0.25) is 9.79 Å². The summed E-state index contributed by atoms with van der Waals surface area (Å²) >= 11 is 0. The normalized spacial score (nSPS) is 10.4. The molecule has 1 aromatic heterocycles. The third-order valence-electron chi connectivity index (χ3n) is 1.77. The lowest BCUT2D eigenvalue weighted by Crippen LogP contribution is -1.90. The summed E-state index contributed by atoms with van der Waals surface area (Å²) in [5, 5.41) is 9.91. The van der Waals surface area contributed by atoms with E-state index in [9.17, 15) is 4.57 Å². The van der Waals surface area contributed by atoms with E-state index in [1.807, 2.05) is 13.8 Å². The Labute approximate surface area is 104 Å². The molecule has 98 valence electrons. The molecule has 0 saturated heterocycles. The molecule has 0 aliphatic heterocycles. The van der Waals surface area contributed by atoms with Crippen LogP contribution in [0.1, 0.15) is 13.8 Å². The van der Waals surface area contributed by atoms with Crippen LogP contribution in [0, 0.1) is 0 Å². The molecule has 18 heavy (non-hydrogen) atoms. The number of H-pyrrole nitrogens is 1. The SMILES string of the molecule is CC.O=P(O)(O)Oc1cccc(-c2cn[nH]n2)c1. The average molecular weight is 271 g/mol. The van der Waals surface area contributed by atoms with E-state index in [2.05, 4.69) is 19.9 Å². The van der Waals surface area contributed by atoms with Gasteiger partial charge in [-0.2, -0.15) is 15.4 Å². The van der Waals surface area contributed by atoms with Gasteiger partial charge in [0.1, 0.15) is 11.4 Å². The molecule has 0 aliphatic carbocycles. The van der Waals surface area contributed by atoms with E-state index >= 15 is 0 Å². The summed E-state index contributed by atoms with van der Waals surface area (Å²) in [4.78, 5) is 17.3. The fourth-order valence-corrected chi connectivity index (χ4v) is 1.58. The molecule has 0 aliphatic rings. The molecule has 0 spiro atoms. The second kappa shape index (κ2) is 6.30. The van der Waals surface area contributed by atoms with Crippen LogP contribution in [-0.2, 0) is 4.57 Å². The summed E-state index contributed by atoms with van der Waals surface area (Å²) in [5.74, 6) is 0.0776. The van der Waals surface area contributed by atoms with Gasteiger partial charge < -0.3 is 4.52 Å². The zero-order valence-corrected chi connectivity index (χ0v) is 10.8. The molecule has 0 unspecified atom stereocenters. The summed E-state index contributed by atoms with van der Waals surface area (Å²) in [5.41, 5.74) is 1.22. The lowest BCUT2D eigenvalue weighted by molar-refractivity contribution is 0.283. The van der Waals surface area contributed by atoms with E-state index in [0.29, 0.717) is 11.3 Å². The van der Waals surface area contributed by atoms with Crippen molar-refractivity contribution in [1.29, 1.82) is 0 Å². The van der Waals surface area contributed by atoms with Gasteiger partial charge in [-0.15, -0.1) is 0 Å². The first-order valence-corrected chi connectivity index (χ1v) is 6.79. The molecule has 2 rings (SSSR count). The second-order valence-electron chi connectivity index (χ2n) is 2.96. The number of phosphoric acid groups is 1. The van der Waals surface area contributed by atoms with Crippen molar-refractivity contribution in [1.82, 2.24) is 15.4 Å². The lowest BCUT2D eigenvalue weighted by atomic mass is 10.2. The predicted octanol–water partition coefficient (Wildman–Crippen LogP) is 1.97. The van der Waals surface area contributed by atoms with Crippen LogP contribution in [0.2, 0.25) is 0 Å². The number of hydrogen-bond acceptors (Lipinski definition) is 4. The molecule has 1 aromatic carbocycles. The van der Waals surface area contributed by atoms with Crippen LogP contribution in [0.4, 0.5) is 0 Å². The summed E-state index contributed by atoms with van der Waals surface area (Å²) in [6, 6.07) is 6.25. The Bertz CT molecular complexity index is 524. The Hall–Kier alpha value is -1.69. The summed E-state index contributed by atoms with van der Waals surface area (Å²) in [7, 11) is -4.53. The fraction of sp³-hybridized carbons (Fsp3) is 0.200. The van der Waals surface area contributed by atoms with Gasteiger partial charge in [0.05, 0.1) is 6.20 Å². The Morgan fingerprint density at radius 2 is 2.06 bits per heavy atom. The molecule has 0 radical (unpaired) electrons. The fourth-order valence-electron chi connectivity index (χ4n) is 1.19. The van der Waals surface area contributed by atoms with Crippen LogP contribution < -0.4 is 4.52 Å². The Morgan fingerprint density at radius 3 is 2.61 bits per heavy atom. The van der Waals surface area contributed by atoms with Gasteiger partial charge in [0.2, 0.25) is 0 Å². The number of nitrogens with zero attached hydrogens (tertiary/aromatic N) is 2. The first-order chi connectivity index (χ1) is 8.54. The van der Waals surface area contributed by atoms with Crippen molar-refractivity contribution in [3.8, 4) is 17.0 Å². The Kier molecular flexibility index (Phi) is 5.03. The van der Waals surface area contributed by atoms with Crippen molar-refractivity contribution in [2.75, 3.05) is 0 Å². The Balaban J connectivity index is 0.000000771. The molecule has 0 fully saturated rings. The third-order valence-corrected chi connectivity index (χ3v) is 2.22. The van der Waals surface area contributed by atoms with Crippen LogP contribution in [0.5, 0.6) is 5.75 Å². The number of rotatable bonds is 3. The maximum Gasteiger partial charge on any atom is 0.524 e. The molecule has 7 nitrogen and oxygen atoms in total. The van der Waals surface area contributed by atoms with Crippen molar-refractivity contribution >= 4 is 7.82 Å². The van der Waals surface area contributed by atoms with Crippen molar-refractivity contribution < 1.29 is 18.9 Å². The summed E-state index contributed by atoms with van der Waals surface area (Å²) < 4.78 is 15.1. The standard InChI is InChI=1S/C8H8N3O4P.C2H6/c12-16(13,14)15-7-3-1-2-6(4-7)8-5-9-11-10-8;1-2/h1-5H,(H,9,10,11)(H2,12,13,14);1-2H3. The number of phosphoric ester groups is 1. The van der Waals surface area contributed by atoms with E-state index < -0.39 is 7.82 Å². The third kappa shape index (κ3) is 4.29. The van der Waals surface area contributed by atoms with Crippen molar-refractivity contribution in [2.45, 2.75) is 13.8 Å². The quantitative estimate of drug-likeness (QED) is 0.736. The molecule has 1 heterocycles. The molecule has 0 bridgehead atoms. The molecule has 0 saturated carbocycles. The summed E-state index contributed by atoms with van der Waals surface area (Å²) in [6.45, 7) is 4.00. The van der Waals surface area contributed by atoms with E-state index in [0.717, 1.165) is 0 Å². The molecule has 8 heteroatoms. The highest BCUT2D eigenvalue weighted by atomic mass is 31.2. The van der Waals surface area contributed by atoms with E-state index in [1.165, 1.54) is 18.3 Å². The highest BCUT2D eigenvalue weighted by Gasteiger charge is 2.16. The minimum absolute atomic E-state index is 0.0776. The first-order valence-electron chi connectivity index (χ1n) is 5.26. The van der Waals surface area contributed by atoms with Crippen LogP contribution in [0.15, 0.2) is 30.5 Å². The second-order valence-corrected chi connectivity index (χ2v) is 4.13. The highest BCUT2D eigenvalue weighted by Crippen LogP contribution is 2.38. The lowest BCUT2D eigenvalue weighted by Gasteiger charge is -2.06. The highest BCUT2D eigenvalue weighted by molar-refractivity contribution is 7.46. The van der Waals surface area contributed by atoms with E-state index in [-0.39, 0.29) is 5.75 Å². The summed E-state index contributed by atoms with van der Waals surface area (Å²) in [6.07, 6.45) is 1.50. The zero-order valence-electron chi connectivity index (χ0n) is 9.94. The number of nitrogens with one attached hydrogen (secondary N) is 1.